The zero-order chi connectivity index (χ0) is 17.5. The summed E-state index contributed by atoms with van der Waals surface area (Å²) >= 11 is 4.91. The molecule has 0 aromatic heterocycles. The Balaban J connectivity index is 1.77. The van der Waals surface area contributed by atoms with Crippen LogP contribution in [0.2, 0.25) is 0 Å². The Morgan fingerprint density at radius 3 is 2.29 bits per heavy atom. The lowest BCUT2D eigenvalue weighted by atomic mass is 10.1. The summed E-state index contributed by atoms with van der Waals surface area (Å²) in [6, 6.07) is 15.1. The maximum absolute atomic E-state index is 12.1. The number of hydrogen-bond donors (Lipinski definition) is 2. The standard InChI is InChI=1S/C18H19BrN2O2S/c1-12-3-7-15(8-4-12)18(23)21-20-17(22)13(2)24-11-14-5-9-16(19)10-6-14/h3-10,13H,11H2,1-2H3,(H,20,22)(H,21,23)/t13-/m0/s1. The van der Waals surface area contributed by atoms with Crippen LogP contribution in [-0.4, -0.2) is 17.1 Å². The van der Waals surface area contributed by atoms with E-state index in [4.69, 9.17) is 0 Å². The molecule has 126 valence electrons. The number of hydrogen-bond acceptors (Lipinski definition) is 3. The van der Waals surface area contributed by atoms with E-state index in [1.54, 1.807) is 12.1 Å². The van der Waals surface area contributed by atoms with Crippen molar-refractivity contribution >= 4 is 39.5 Å². The van der Waals surface area contributed by atoms with Gasteiger partial charge in [0.1, 0.15) is 0 Å². The van der Waals surface area contributed by atoms with E-state index < -0.39 is 0 Å². The molecule has 0 unspecified atom stereocenters. The van der Waals surface area contributed by atoms with E-state index in [1.807, 2.05) is 50.2 Å². The number of amides is 2. The summed E-state index contributed by atoms with van der Waals surface area (Å²) in [7, 11) is 0. The number of carbonyl (C=O) groups excluding carboxylic acids is 2. The highest BCUT2D eigenvalue weighted by Gasteiger charge is 2.14. The molecule has 0 aliphatic carbocycles. The van der Waals surface area contributed by atoms with Gasteiger partial charge in [-0.3, -0.25) is 20.4 Å². The Hall–Kier alpha value is -1.79. The topological polar surface area (TPSA) is 58.2 Å². The molecule has 2 aromatic rings. The largest absolute Gasteiger partial charge is 0.272 e. The quantitative estimate of drug-likeness (QED) is 0.741. The van der Waals surface area contributed by atoms with Crippen LogP contribution in [0.1, 0.15) is 28.4 Å². The molecule has 0 aliphatic heterocycles. The van der Waals surface area contributed by atoms with Crippen molar-refractivity contribution < 1.29 is 9.59 Å². The highest BCUT2D eigenvalue weighted by Crippen LogP contribution is 2.19. The number of rotatable bonds is 5. The smallest absolute Gasteiger partial charge is 0.269 e. The highest BCUT2D eigenvalue weighted by molar-refractivity contribution is 9.10. The third kappa shape index (κ3) is 5.69. The number of benzene rings is 2. The van der Waals surface area contributed by atoms with Gasteiger partial charge in [0.15, 0.2) is 0 Å². The molecule has 0 saturated carbocycles. The number of hydrazine groups is 1. The third-order valence-electron chi connectivity index (χ3n) is 3.40. The van der Waals surface area contributed by atoms with E-state index in [-0.39, 0.29) is 17.1 Å². The SMILES string of the molecule is Cc1ccc(C(=O)NNC(=O)[C@H](C)SCc2ccc(Br)cc2)cc1. The maximum atomic E-state index is 12.1. The normalized spacial score (nSPS) is 11.6. The van der Waals surface area contributed by atoms with E-state index in [9.17, 15) is 9.59 Å². The van der Waals surface area contributed by atoms with Crippen molar-refractivity contribution in [3.05, 3.63) is 69.7 Å². The summed E-state index contributed by atoms with van der Waals surface area (Å²) in [5.41, 5.74) is 7.65. The van der Waals surface area contributed by atoms with E-state index in [0.717, 1.165) is 21.4 Å². The molecule has 0 saturated heterocycles. The summed E-state index contributed by atoms with van der Waals surface area (Å²) in [4.78, 5) is 24.0. The van der Waals surface area contributed by atoms with Crippen molar-refractivity contribution in [1.82, 2.24) is 10.9 Å². The van der Waals surface area contributed by atoms with Crippen LogP contribution in [0, 0.1) is 6.92 Å². The van der Waals surface area contributed by atoms with Crippen LogP contribution in [0.15, 0.2) is 53.0 Å². The number of thioether (sulfide) groups is 1. The van der Waals surface area contributed by atoms with Gasteiger partial charge in [0.05, 0.1) is 5.25 Å². The lowest BCUT2D eigenvalue weighted by molar-refractivity contribution is -0.121. The van der Waals surface area contributed by atoms with E-state index in [2.05, 4.69) is 26.8 Å². The average molecular weight is 407 g/mol. The Labute approximate surface area is 154 Å². The van der Waals surface area contributed by atoms with Crippen molar-refractivity contribution in [2.24, 2.45) is 0 Å². The molecular formula is C18H19BrN2O2S. The molecule has 2 rings (SSSR count). The van der Waals surface area contributed by atoms with Crippen LogP contribution in [-0.2, 0) is 10.5 Å². The van der Waals surface area contributed by atoms with Crippen molar-refractivity contribution in [2.45, 2.75) is 24.9 Å². The molecule has 0 fully saturated rings. The molecule has 2 aromatic carbocycles. The van der Waals surface area contributed by atoms with Gasteiger partial charge in [-0.1, -0.05) is 45.8 Å². The number of halogens is 1. The second-order valence-corrected chi connectivity index (χ2v) is 7.63. The monoisotopic (exact) mass is 406 g/mol. The zero-order valence-corrected chi connectivity index (χ0v) is 15.9. The van der Waals surface area contributed by atoms with E-state index >= 15 is 0 Å². The molecule has 0 bridgehead atoms. The van der Waals surface area contributed by atoms with Gasteiger partial charge < -0.3 is 0 Å². The van der Waals surface area contributed by atoms with Crippen molar-refractivity contribution in [3.8, 4) is 0 Å². The van der Waals surface area contributed by atoms with Gasteiger partial charge in [-0.05, 0) is 43.7 Å². The van der Waals surface area contributed by atoms with Crippen LogP contribution >= 0.6 is 27.7 Å². The third-order valence-corrected chi connectivity index (χ3v) is 5.14. The molecule has 0 spiro atoms. The minimum absolute atomic E-state index is 0.224. The Morgan fingerprint density at radius 1 is 1.04 bits per heavy atom. The molecule has 0 heterocycles. The first-order valence-electron chi connectivity index (χ1n) is 7.48. The van der Waals surface area contributed by atoms with Crippen molar-refractivity contribution in [2.75, 3.05) is 0 Å². The van der Waals surface area contributed by atoms with Gasteiger partial charge in [0.2, 0.25) is 0 Å². The van der Waals surface area contributed by atoms with Crippen LogP contribution < -0.4 is 10.9 Å². The first-order valence-corrected chi connectivity index (χ1v) is 9.33. The Kier molecular flexibility index (Phi) is 6.87. The molecule has 4 nitrogen and oxygen atoms in total. The summed E-state index contributed by atoms with van der Waals surface area (Å²) in [6.07, 6.45) is 0. The Bertz CT molecular complexity index is 702. The second-order valence-electron chi connectivity index (χ2n) is 5.39. The van der Waals surface area contributed by atoms with Crippen molar-refractivity contribution in [3.63, 3.8) is 0 Å². The molecule has 2 N–H and O–H groups in total. The number of aryl methyl sites for hydroxylation is 1. The first-order chi connectivity index (χ1) is 11.5. The molecule has 0 radical (unpaired) electrons. The lowest BCUT2D eigenvalue weighted by Gasteiger charge is -2.13. The molecule has 24 heavy (non-hydrogen) atoms. The fourth-order valence-electron chi connectivity index (χ4n) is 1.87. The predicted octanol–water partition coefficient (Wildman–Crippen LogP) is 3.84. The Morgan fingerprint density at radius 2 is 1.67 bits per heavy atom. The minimum Gasteiger partial charge on any atom is -0.272 e. The molecular weight excluding hydrogens is 388 g/mol. The van der Waals surface area contributed by atoms with E-state index in [1.165, 1.54) is 11.8 Å². The van der Waals surface area contributed by atoms with Gasteiger partial charge in [0, 0.05) is 15.8 Å². The fourth-order valence-corrected chi connectivity index (χ4v) is 2.98. The molecule has 0 aliphatic rings. The predicted molar refractivity (Wildman–Crippen MR) is 102 cm³/mol. The van der Waals surface area contributed by atoms with Gasteiger partial charge in [-0.2, -0.15) is 0 Å². The summed E-state index contributed by atoms with van der Waals surface area (Å²) in [6.45, 7) is 3.77. The van der Waals surface area contributed by atoms with Gasteiger partial charge in [0.25, 0.3) is 11.8 Å². The van der Waals surface area contributed by atoms with Crippen LogP contribution in [0.5, 0.6) is 0 Å². The molecule has 2 amide bonds. The maximum Gasteiger partial charge on any atom is 0.269 e. The molecule has 1 atom stereocenters. The highest BCUT2D eigenvalue weighted by atomic mass is 79.9. The van der Waals surface area contributed by atoms with Crippen LogP contribution in [0.25, 0.3) is 0 Å². The summed E-state index contributed by atoms with van der Waals surface area (Å²) in [5.74, 6) is 0.180. The lowest BCUT2D eigenvalue weighted by Crippen LogP contribution is -2.44. The molecule has 6 heteroatoms. The number of carbonyl (C=O) groups is 2. The van der Waals surface area contributed by atoms with E-state index in [0.29, 0.717) is 5.56 Å². The number of nitrogens with one attached hydrogen (secondary N) is 2. The average Bonchev–Trinajstić information content (AvgIpc) is 2.59. The van der Waals surface area contributed by atoms with Crippen molar-refractivity contribution in [1.29, 1.82) is 0 Å². The summed E-state index contributed by atoms with van der Waals surface area (Å²) < 4.78 is 1.03. The first kappa shape index (κ1) is 18.5. The van der Waals surface area contributed by atoms with Crippen LogP contribution in [0.3, 0.4) is 0 Å². The van der Waals surface area contributed by atoms with Crippen LogP contribution in [0.4, 0.5) is 0 Å². The van der Waals surface area contributed by atoms with Gasteiger partial charge in [-0.15, -0.1) is 11.8 Å². The van der Waals surface area contributed by atoms with Gasteiger partial charge in [-0.25, -0.2) is 0 Å². The summed E-state index contributed by atoms with van der Waals surface area (Å²) in [5, 5.41) is -0.271. The van der Waals surface area contributed by atoms with Gasteiger partial charge >= 0.3 is 0 Å². The zero-order valence-electron chi connectivity index (χ0n) is 13.5. The fraction of sp³-hybridized carbons (Fsp3) is 0.222. The second kappa shape index (κ2) is 8.89. The minimum atomic E-state index is -0.326.